The Labute approximate surface area is 58.4 Å². The minimum atomic E-state index is 0.263. The standard InChI is InChI=1S/C5H9BrCl/c1-2-5(7)3-4-6/h5H,1-4H2. The summed E-state index contributed by atoms with van der Waals surface area (Å²) < 4.78 is 0. The summed E-state index contributed by atoms with van der Waals surface area (Å²) in [5.74, 6) is 0. The molecule has 0 fully saturated rings. The topological polar surface area (TPSA) is 0 Å². The highest BCUT2D eigenvalue weighted by atomic mass is 79.9. The summed E-state index contributed by atoms with van der Waals surface area (Å²) in [5, 5.41) is 1.25. The molecule has 0 aliphatic rings. The lowest BCUT2D eigenvalue weighted by molar-refractivity contribution is 0.835. The molecular formula is C5H9BrCl. The van der Waals surface area contributed by atoms with E-state index in [4.69, 9.17) is 11.6 Å². The van der Waals surface area contributed by atoms with Crippen LogP contribution in [0.25, 0.3) is 0 Å². The minimum absolute atomic E-state index is 0.263. The van der Waals surface area contributed by atoms with Gasteiger partial charge in [-0.25, -0.2) is 0 Å². The SMILES string of the molecule is [CH2]CC(Cl)CCBr. The van der Waals surface area contributed by atoms with Crippen LogP contribution in [0.1, 0.15) is 12.8 Å². The summed E-state index contributed by atoms with van der Waals surface area (Å²) in [4.78, 5) is 0. The van der Waals surface area contributed by atoms with Crippen LogP contribution in [-0.4, -0.2) is 10.7 Å². The van der Waals surface area contributed by atoms with Crippen LogP contribution in [0, 0.1) is 6.92 Å². The molecule has 0 nitrogen and oxygen atoms in total. The molecule has 0 aromatic rings. The van der Waals surface area contributed by atoms with E-state index >= 15 is 0 Å². The first kappa shape index (κ1) is 7.77. The van der Waals surface area contributed by atoms with Crippen LogP contribution in [0.4, 0.5) is 0 Å². The van der Waals surface area contributed by atoms with E-state index in [0.717, 1.165) is 18.2 Å². The van der Waals surface area contributed by atoms with Gasteiger partial charge in [0, 0.05) is 10.7 Å². The highest BCUT2D eigenvalue weighted by Crippen LogP contribution is 2.06. The molecule has 0 N–H and O–H groups in total. The summed E-state index contributed by atoms with van der Waals surface area (Å²) in [6.45, 7) is 3.65. The first-order valence-electron chi connectivity index (χ1n) is 2.30. The van der Waals surface area contributed by atoms with E-state index in [-0.39, 0.29) is 5.38 Å². The highest BCUT2D eigenvalue weighted by molar-refractivity contribution is 9.09. The van der Waals surface area contributed by atoms with Gasteiger partial charge in [0.1, 0.15) is 0 Å². The third kappa shape index (κ3) is 4.63. The molecule has 1 radical (unpaired) electrons. The van der Waals surface area contributed by atoms with E-state index < -0.39 is 0 Å². The lowest BCUT2D eigenvalue weighted by Gasteiger charge is -1.98. The Morgan fingerprint density at radius 2 is 2.29 bits per heavy atom. The summed E-state index contributed by atoms with van der Waals surface area (Å²) in [5.41, 5.74) is 0. The van der Waals surface area contributed by atoms with Crippen molar-refractivity contribution in [1.82, 2.24) is 0 Å². The Kier molecular flexibility index (Phi) is 5.46. The monoisotopic (exact) mass is 183 g/mol. The minimum Gasteiger partial charge on any atom is -0.123 e. The molecule has 7 heavy (non-hydrogen) atoms. The molecule has 1 unspecified atom stereocenters. The van der Waals surface area contributed by atoms with Crippen LogP contribution in [0.5, 0.6) is 0 Å². The van der Waals surface area contributed by atoms with Crippen LogP contribution in [0.15, 0.2) is 0 Å². The second-order valence-corrected chi connectivity index (χ2v) is 2.77. The van der Waals surface area contributed by atoms with Gasteiger partial charge < -0.3 is 0 Å². The molecule has 0 saturated heterocycles. The van der Waals surface area contributed by atoms with Gasteiger partial charge in [0.25, 0.3) is 0 Å². The predicted octanol–water partition coefficient (Wildman–Crippen LogP) is 2.60. The van der Waals surface area contributed by atoms with Crippen molar-refractivity contribution in [3.8, 4) is 0 Å². The molecule has 0 aliphatic heterocycles. The molecule has 0 spiro atoms. The van der Waals surface area contributed by atoms with Crippen molar-refractivity contribution in [2.24, 2.45) is 0 Å². The molecule has 0 aromatic heterocycles. The molecule has 0 saturated carbocycles. The zero-order chi connectivity index (χ0) is 5.70. The van der Waals surface area contributed by atoms with E-state index in [0.29, 0.717) is 0 Å². The predicted molar refractivity (Wildman–Crippen MR) is 38.0 cm³/mol. The average Bonchev–Trinajstić information content (AvgIpc) is 1.68. The summed E-state index contributed by atoms with van der Waals surface area (Å²) in [6.07, 6.45) is 1.85. The maximum Gasteiger partial charge on any atom is 0.0344 e. The maximum absolute atomic E-state index is 5.67. The molecule has 0 amide bonds. The molecular weight excluding hydrogens is 175 g/mol. The van der Waals surface area contributed by atoms with Gasteiger partial charge in [-0.1, -0.05) is 22.9 Å². The van der Waals surface area contributed by atoms with E-state index in [9.17, 15) is 0 Å². The zero-order valence-electron chi connectivity index (χ0n) is 4.16. The van der Waals surface area contributed by atoms with Gasteiger partial charge in [0.2, 0.25) is 0 Å². The first-order chi connectivity index (χ1) is 3.31. The van der Waals surface area contributed by atoms with Gasteiger partial charge in [-0.05, 0) is 12.8 Å². The fourth-order valence-corrected chi connectivity index (χ4v) is 1.19. The van der Waals surface area contributed by atoms with Crippen LogP contribution in [0.3, 0.4) is 0 Å². The van der Waals surface area contributed by atoms with Crippen molar-refractivity contribution in [3.05, 3.63) is 6.92 Å². The van der Waals surface area contributed by atoms with Gasteiger partial charge in [-0.15, -0.1) is 11.6 Å². The Morgan fingerprint density at radius 1 is 1.71 bits per heavy atom. The normalized spacial score (nSPS) is 14.1. The molecule has 0 bridgehead atoms. The Hall–Kier alpha value is 0.770. The Balaban J connectivity index is 2.83. The molecule has 0 aromatic carbocycles. The molecule has 0 rings (SSSR count). The van der Waals surface area contributed by atoms with Gasteiger partial charge >= 0.3 is 0 Å². The number of hydrogen-bond acceptors (Lipinski definition) is 0. The Bertz CT molecular complexity index is 39.1. The van der Waals surface area contributed by atoms with Gasteiger partial charge in [0.05, 0.1) is 0 Å². The fraction of sp³-hybridized carbons (Fsp3) is 0.800. The summed E-state index contributed by atoms with van der Waals surface area (Å²) in [7, 11) is 0. The van der Waals surface area contributed by atoms with Crippen LogP contribution in [-0.2, 0) is 0 Å². The first-order valence-corrected chi connectivity index (χ1v) is 3.86. The van der Waals surface area contributed by atoms with Crippen LogP contribution >= 0.6 is 27.5 Å². The van der Waals surface area contributed by atoms with Crippen molar-refractivity contribution < 1.29 is 0 Å². The number of hydrogen-bond donors (Lipinski definition) is 0. The lowest BCUT2D eigenvalue weighted by atomic mass is 10.3. The molecule has 43 valence electrons. The van der Waals surface area contributed by atoms with Gasteiger partial charge in [0.15, 0.2) is 0 Å². The second-order valence-electron chi connectivity index (χ2n) is 1.36. The average molecular weight is 184 g/mol. The number of rotatable bonds is 3. The van der Waals surface area contributed by atoms with Crippen molar-refractivity contribution in [1.29, 1.82) is 0 Å². The summed E-state index contributed by atoms with van der Waals surface area (Å²) in [6, 6.07) is 0. The fourth-order valence-electron chi connectivity index (χ4n) is 0.263. The molecule has 0 aliphatic carbocycles. The van der Waals surface area contributed by atoms with E-state index in [1.807, 2.05) is 0 Å². The number of halogens is 2. The van der Waals surface area contributed by atoms with Crippen molar-refractivity contribution in [2.75, 3.05) is 5.33 Å². The third-order valence-corrected chi connectivity index (χ3v) is 1.63. The van der Waals surface area contributed by atoms with E-state index in [1.54, 1.807) is 0 Å². The highest BCUT2D eigenvalue weighted by Gasteiger charge is 1.96. The zero-order valence-corrected chi connectivity index (χ0v) is 6.50. The van der Waals surface area contributed by atoms with Crippen molar-refractivity contribution in [3.63, 3.8) is 0 Å². The number of alkyl halides is 2. The Morgan fingerprint density at radius 3 is 2.43 bits per heavy atom. The van der Waals surface area contributed by atoms with Crippen molar-refractivity contribution in [2.45, 2.75) is 18.2 Å². The van der Waals surface area contributed by atoms with E-state index in [2.05, 4.69) is 22.9 Å². The van der Waals surface area contributed by atoms with Gasteiger partial charge in [-0.2, -0.15) is 0 Å². The quantitative estimate of drug-likeness (QED) is 0.592. The van der Waals surface area contributed by atoms with Crippen molar-refractivity contribution >= 4 is 27.5 Å². The smallest absolute Gasteiger partial charge is 0.0344 e. The van der Waals surface area contributed by atoms with Crippen LogP contribution < -0.4 is 0 Å². The summed E-state index contributed by atoms with van der Waals surface area (Å²) >= 11 is 8.95. The second kappa shape index (κ2) is 4.92. The third-order valence-electron chi connectivity index (χ3n) is 0.736. The largest absolute Gasteiger partial charge is 0.123 e. The lowest BCUT2D eigenvalue weighted by Crippen LogP contribution is -1.94. The molecule has 1 atom stereocenters. The molecule has 2 heteroatoms. The molecule has 0 heterocycles. The maximum atomic E-state index is 5.67. The van der Waals surface area contributed by atoms with E-state index in [1.165, 1.54) is 0 Å². The van der Waals surface area contributed by atoms with Crippen LogP contribution in [0.2, 0.25) is 0 Å². The van der Waals surface area contributed by atoms with Gasteiger partial charge in [-0.3, -0.25) is 0 Å².